The van der Waals surface area contributed by atoms with Gasteiger partial charge in [0, 0.05) is 0 Å². The highest BCUT2D eigenvalue weighted by Gasteiger charge is 2.73. The summed E-state index contributed by atoms with van der Waals surface area (Å²) in [5.41, 5.74) is -2.76. The zero-order valence-electron chi connectivity index (χ0n) is 12.0. The number of rotatable bonds is 4. The summed E-state index contributed by atoms with van der Waals surface area (Å²) in [5.74, 6) is -5.72. The number of fused-ring (bicyclic) bond motifs is 2. The molecule has 0 aliphatic heterocycles. The van der Waals surface area contributed by atoms with E-state index in [2.05, 4.69) is 0 Å². The molecule has 2 nitrogen and oxygen atoms in total. The first-order chi connectivity index (χ1) is 9.50. The highest BCUT2D eigenvalue weighted by molar-refractivity contribution is 5.15. The van der Waals surface area contributed by atoms with Crippen LogP contribution in [0.4, 0.5) is 22.0 Å². The Morgan fingerprint density at radius 2 is 1.62 bits per heavy atom. The number of aliphatic hydroxyl groups excluding tert-OH is 1. The molecule has 0 aromatic heterocycles. The lowest BCUT2D eigenvalue weighted by Gasteiger charge is -2.46. The fourth-order valence-corrected chi connectivity index (χ4v) is 4.71. The SMILES string of the molecule is CCC1C2CC(C1CC)C(O)(C(F)(F)C(O)C(F)(F)F)C2. The van der Waals surface area contributed by atoms with Gasteiger partial charge < -0.3 is 10.2 Å². The van der Waals surface area contributed by atoms with Crippen molar-refractivity contribution in [3.05, 3.63) is 0 Å². The third-order valence-electron chi connectivity index (χ3n) is 5.59. The van der Waals surface area contributed by atoms with Crippen LogP contribution in [-0.2, 0) is 0 Å². The first-order valence-electron chi connectivity index (χ1n) is 7.35. The standard InChI is InChI=1S/C14H21F5O2/c1-3-8-7-5-10(9(8)4-2)12(21,6-7)13(15,16)11(20)14(17,18)19/h7-11,20-21H,3-6H2,1-2H3. The molecule has 0 aromatic carbocycles. The quantitative estimate of drug-likeness (QED) is 0.781. The largest absolute Gasteiger partial charge is 0.420 e. The van der Waals surface area contributed by atoms with Gasteiger partial charge in [0.25, 0.3) is 0 Å². The van der Waals surface area contributed by atoms with E-state index in [1.807, 2.05) is 6.92 Å². The molecule has 0 heterocycles. The zero-order chi connectivity index (χ0) is 16.2. The van der Waals surface area contributed by atoms with E-state index in [4.69, 9.17) is 5.11 Å². The molecule has 2 saturated carbocycles. The second-order valence-electron chi connectivity index (χ2n) is 6.44. The Labute approximate surface area is 120 Å². The highest BCUT2D eigenvalue weighted by atomic mass is 19.4. The first kappa shape index (κ1) is 16.9. The molecule has 2 aliphatic carbocycles. The fraction of sp³-hybridized carbons (Fsp3) is 1.00. The van der Waals surface area contributed by atoms with Crippen molar-refractivity contribution in [3.8, 4) is 0 Å². The predicted octanol–water partition coefficient (Wildman–Crippen LogP) is 3.37. The van der Waals surface area contributed by atoms with E-state index >= 15 is 0 Å². The summed E-state index contributed by atoms with van der Waals surface area (Å²) in [7, 11) is 0. The first-order valence-corrected chi connectivity index (χ1v) is 7.35. The van der Waals surface area contributed by atoms with Crippen LogP contribution in [-0.4, -0.2) is 34.0 Å². The molecule has 2 bridgehead atoms. The average molecular weight is 316 g/mol. The Morgan fingerprint density at radius 1 is 1.10 bits per heavy atom. The van der Waals surface area contributed by atoms with Gasteiger partial charge in [0.15, 0.2) is 0 Å². The van der Waals surface area contributed by atoms with Crippen LogP contribution >= 0.6 is 0 Å². The van der Waals surface area contributed by atoms with Crippen LogP contribution in [0.25, 0.3) is 0 Å². The predicted molar refractivity (Wildman–Crippen MR) is 65.7 cm³/mol. The zero-order valence-corrected chi connectivity index (χ0v) is 12.0. The summed E-state index contributed by atoms with van der Waals surface area (Å²) in [6.07, 6.45) is -8.02. The lowest BCUT2D eigenvalue weighted by Crippen LogP contribution is -2.63. The third-order valence-corrected chi connectivity index (χ3v) is 5.59. The number of aliphatic hydroxyl groups is 2. The third kappa shape index (κ3) is 2.27. The van der Waals surface area contributed by atoms with Crippen LogP contribution in [0.1, 0.15) is 39.5 Å². The van der Waals surface area contributed by atoms with Crippen molar-refractivity contribution in [1.29, 1.82) is 0 Å². The summed E-state index contributed by atoms with van der Waals surface area (Å²) in [5, 5.41) is 19.4. The van der Waals surface area contributed by atoms with Gasteiger partial charge >= 0.3 is 12.1 Å². The topological polar surface area (TPSA) is 40.5 Å². The van der Waals surface area contributed by atoms with Crippen LogP contribution in [0.2, 0.25) is 0 Å². The summed E-state index contributed by atoms with van der Waals surface area (Å²) in [6, 6.07) is 0. The number of halogens is 5. The van der Waals surface area contributed by atoms with Crippen molar-refractivity contribution in [2.24, 2.45) is 23.7 Å². The molecule has 2 fully saturated rings. The molecule has 0 aromatic rings. The van der Waals surface area contributed by atoms with Crippen LogP contribution in [0, 0.1) is 23.7 Å². The molecule has 0 radical (unpaired) electrons. The molecule has 2 rings (SSSR count). The minimum absolute atomic E-state index is 0.166. The van der Waals surface area contributed by atoms with Crippen LogP contribution < -0.4 is 0 Å². The Balaban J connectivity index is 2.32. The van der Waals surface area contributed by atoms with Gasteiger partial charge in [-0.1, -0.05) is 26.7 Å². The Morgan fingerprint density at radius 3 is 2.05 bits per heavy atom. The monoisotopic (exact) mass is 316 g/mol. The van der Waals surface area contributed by atoms with Gasteiger partial charge in [0.1, 0.15) is 5.60 Å². The van der Waals surface area contributed by atoms with Crippen molar-refractivity contribution in [2.45, 2.75) is 63.3 Å². The van der Waals surface area contributed by atoms with E-state index in [0.29, 0.717) is 12.8 Å². The van der Waals surface area contributed by atoms with Crippen molar-refractivity contribution >= 4 is 0 Å². The molecule has 2 N–H and O–H groups in total. The lowest BCUT2D eigenvalue weighted by molar-refractivity contribution is -0.325. The molecule has 0 amide bonds. The van der Waals surface area contributed by atoms with E-state index < -0.39 is 29.7 Å². The van der Waals surface area contributed by atoms with E-state index in [1.165, 1.54) is 0 Å². The molecule has 6 unspecified atom stereocenters. The minimum Gasteiger partial charge on any atom is -0.383 e. The normalized spacial score (nSPS) is 41.6. The number of hydrogen-bond acceptors (Lipinski definition) is 2. The van der Waals surface area contributed by atoms with Crippen LogP contribution in [0.3, 0.4) is 0 Å². The molecule has 124 valence electrons. The van der Waals surface area contributed by atoms with Crippen molar-refractivity contribution in [1.82, 2.24) is 0 Å². The lowest BCUT2D eigenvalue weighted by atomic mass is 9.66. The molecular weight excluding hydrogens is 295 g/mol. The maximum Gasteiger partial charge on any atom is 0.420 e. The Hall–Kier alpha value is -0.430. The van der Waals surface area contributed by atoms with Crippen LogP contribution in [0.15, 0.2) is 0 Å². The second-order valence-corrected chi connectivity index (χ2v) is 6.44. The maximum atomic E-state index is 14.2. The van der Waals surface area contributed by atoms with Gasteiger partial charge in [-0.3, -0.25) is 0 Å². The summed E-state index contributed by atoms with van der Waals surface area (Å²) in [6.45, 7) is 3.72. The van der Waals surface area contributed by atoms with Crippen molar-refractivity contribution in [3.63, 3.8) is 0 Å². The average Bonchev–Trinajstić information content (AvgIpc) is 2.90. The van der Waals surface area contributed by atoms with Gasteiger partial charge in [-0.05, 0) is 36.5 Å². The van der Waals surface area contributed by atoms with Crippen molar-refractivity contribution in [2.75, 3.05) is 0 Å². The fourth-order valence-electron chi connectivity index (χ4n) is 4.71. The molecule has 7 heteroatoms. The van der Waals surface area contributed by atoms with E-state index in [1.54, 1.807) is 6.92 Å². The van der Waals surface area contributed by atoms with E-state index in [-0.39, 0.29) is 24.2 Å². The molecule has 0 spiro atoms. The van der Waals surface area contributed by atoms with Gasteiger partial charge in [0.05, 0.1) is 0 Å². The second kappa shape index (κ2) is 5.05. The summed E-state index contributed by atoms with van der Waals surface area (Å²) >= 11 is 0. The molecule has 6 atom stereocenters. The summed E-state index contributed by atoms with van der Waals surface area (Å²) in [4.78, 5) is 0. The molecular formula is C14H21F5O2. The summed E-state index contributed by atoms with van der Waals surface area (Å²) < 4.78 is 65.8. The Bertz CT molecular complexity index is 397. The molecule has 2 aliphatic rings. The molecule has 21 heavy (non-hydrogen) atoms. The van der Waals surface area contributed by atoms with Gasteiger partial charge in [-0.2, -0.15) is 13.2 Å². The van der Waals surface area contributed by atoms with Gasteiger partial charge in [0.2, 0.25) is 6.10 Å². The van der Waals surface area contributed by atoms with E-state index in [9.17, 15) is 27.1 Å². The van der Waals surface area contributed by atoms with Crippen molar-refractivity contribution < 1.29 is 32.2 Å². The maximum absolute atomic E-state index is 14.2. The van der Waals surface area contributed by atoms with Gasteiger partial charge in [-0.15, -0.1) is 0 Å². The smallest absolute Gasteiger partial charge is 0.383 e. The number of alkyl halides is 5. The molecule has 0 saturated heterocycles. The van der Waals surface area contributed by atoms with E-state index in [0.717, 1.165) is 6.42 Å². The van der Waals surface area contributed by atoms with Crippen LogP contribution in [0.5, 0.6) is 0 Å². The highest BCUT2D eigenvalue weighted by Crippen LogP contribution is 2.63. The Kier molecular flexibility index (Phi) is 4.07. The minimum atomic E-state index is -5.45. The number of hydrogen-bond donors (Lipinski definition) is 2. The van der Waals surface area contributed by atoms with Gasteiger partial charge in [-0.25, -0.2) is 8.78 Å².